The molecule has 2 aromatic carbocycles. The van der Waals surface area contributed by atoms with E-state index in [0.717, 1.165) is 64.7 Å². The van der Waals surface area contributed by atoms with Gasteiger partial charge in [-0.3, -0.25) is 4.79 Å². The fourth-order valence-corrected chi connectivity index (χ4v) is 4.83. The first kappa shape index (κ1) is 21.7. The molecule has 2 N–H and O–H groups in total. The SMILES string of the molecule is COc1ccc(N2CC[NH+]([C@H](C)C(=O)N3CC[NH+](Cc4ccccc4)CC3)CC2)cc1. The molecule has 6 nitrogen and oxygen atoms in total. The monoisotopic (exact) mass is 424 g/mol. The number of methoxy groups -OCH3 is 1. The summed E-state index contributed by atoms with van der Waals surface area (Å²) in [4.78, 5) is 20.6. The van der Waals surface area contributed by atoms with Gasteiger partial charge in [-0.2, -0.15) is 0 Å². The number of nitrogens with zero attached hydrogens (tertiary/aromatic N) is 2. The minimum Gasteiger partial charge on any atom is -0.497 e. The second-order valence-electron chi connectivity index (χ2n) is 8.80. The molecule has 0 aromatic heterocycles. The molecule has 31 heavy (non-hydrogen) atoms. The number of ether oxygens (including phenoxy) is 1. The van der Waals surface area contributed by atoms with Gasteiger partial charge in [-0.15, -0.1) is 0 Å². The summed E-state index contributed by atoms with van der Waals surface area (Å²) in [5.41, 5.74) is 2.61. The number of quaternary nitrogens is 2. The summed E-state index contributed by atoms with van der Waals surface area (Å²) < 4.78 is 5.26. The van der Waals surface area contributed by atoms with E-state index in [1.807, 2.05) is 12.1 Å². The highest BCUT2D eigenvalue weighted by atomic mass is 16.5. The van der Waals surface area contributed by atoms with Gasteiger partial charge in [0.05, 0.1) is 59.5 Å². The van der Waals surface area contributed by atoms with E-state index in [1.165, 1.54) is 16.2 Å². The number of benzene rings is 2. The van der Waals surface area contributed by atoms with Crippen molar-refractivity contribution in [2.75, 3.05) is 64.4 Å². The number of carbonyl (C=O) groups is 1. The van der Waals surface area contributed by atoms with Crippen LogP contribution in [0.2, 0.25) is 0 Å². The van der Waals surface area contributed by atoms with E-state index in [9.17, 15) is 4.79 Å². The van der Waals surface area contributed by atoms with Crippen LogP contribution in [0.15, 0.2) is 54.6 Å². The van der Waals surface area contributed by atoms with Gasteiger partial charge in [0.15, 0.2) is 6.04 Å². The first-order chi connectivity index (χ1) is 15.1. The minimum atomic E-state index is 0.0358. The van der Waals surface area contributed by atoms with Crippen LogP contribution in [0.25, 0.3) is 0 Å². The Kier molecular flexibility index (Phi) is 7.10. The Hall–Kier alpha value is -2.57. The number of hydrogen-bond acceptors (Lipinski definition) is 3. The lowest BCUT2D eigenvalue weighted by atomic mass is 10.1. The Morgan fingerprint density at radius 2 is 1.58 bits per heavy atom. The summed E-state index contributed by atoms with van der Waals surface area (Å²) in [6.07, 6.45) is 0. The van der Waals surface area contributed by atoms with Crippen molar-refractivity contribution in [3.63, 3.8) is 0 Å². The van der Waals surface area contributed by atoms with E-state index in [2.05, 4.69) is 59.2 Å². The molecule has 0 saturated carbocycles. The number of amides is 1. The molecule has 0 radical (unpaired) electrons. The van der Waals surface area contributed by atoms with Gasteiger partial charge in [0.2, 0.25) is 0 Å². The highest BCUT2D eigenvalue weighted by Crippen LogP contribution is 2.19. The molecule has 2 fully saturated rings. The van der Waals surface area contributed by atoms with Crippen molar-refractivity contribution in [2.24, 2.45) is 0 Å². The zero-order chi connectivity index (χ0) is 21.6. The molecule has 2 heterocycles. The number of anilines is 1. The normalized spacial score (nSPS) is 19.3. The molecule has 0 unspecified atom stereocenters. The summed E-state index contributed by atoms with van der Waals surface area (Å²) in [6.45, 7) is 10.9. The van der Waals surface area contributed by atoms with Crippen LogP contribution in [0, 0.1) is 0 Å². The van der Waals surface area contributed by atoms with Crippen molar-refractivity contribution in [3.8, 4) is 5.75 Å². The van der Waals surface area contributed by atoms with Crippen molar-refractivity contribution in [3.05, 3.63) is 60.2 Å². The first-order valence-electron chi connectivity index (χ1n) is 11.5. The predicted molar refractivity (Wildman–Crippen MR) is 123 cm³/mol. The topological polar surface area (TPSA) is 41.7 Å². The third-order valence-electron chi connectivity index (χ3n) is 6.91. The summed E-state index contributed by atoms with van der Waals surface area (Å²) in [5, 5.41) is 0. The Morgan fingerprint density at radius 3 is 2.19 bits per heavy atom. The molecule has 2 aliphatic heterocycles. The van der Waals surface area contributed by atoms with E-state index in [0.29, 0.717) is 5.91 Å². The smallest absolute Gasteiger partial charge is 0.280 e. The van der Waals surface area contributed by atoms with Crippen LogP contribution in [0.4, 0.5) is 5.69 Å². The maximum absolute atomic E-state index is 13.2. The Morgan fingerprint density at radius 1 is 0.935 bits per heavy atom. The van der Waals surface area contributed by atoms with Crippen LogP contribution in [0.1, 0.15) is 12.5 Å². The van der Waals surface area contributed by atoms with Crippen LogP contribution in [-0.2, 0) is 11.3 Å². The number of rotatable bonds is 6. The molecule has 2 aliphatic rings. The van der Waals surface area contributed by atoms with Crippen molar-refractivity contribution < 1.29 is 19.3 Å². The van der Waals surface area contributed by atoms with Gasteiger partial charge in [0.25, 0.3) is 5.91 Å². The van der Waals surface area contributed by atoms with Crippen LogP contribution in [0.3, 0.4) is 0 Å². The molecule has 6 heteroatoms. The van der Waals surface area contributed by atoms with Gasteiger partial charge in [-0.1, -0.05) is 30.3 Å². The van der Waals surface area contributed by atoms with Crippen LogP contribution >= 0.6 is 0 Å². The van der Waals surface area contributed by atoms with Gasteiger partial charge < -0.3 is 24.3 Å². The number of hydrogen-bond donors (Lipinski definition) is 2. The van der Waals surface area contributed by atoms with E-state index in [-0.39, 0.29) is 6.04 Å². The second kappa shape index (κ2) is 10.2. The molecular formula is C25H36N4O2+2. The summed E-state index contributed by atoms with van der Waals surface area (Å²) in [7, 11) is 1.69. The predicted octanol–water partition coefficient (Wildman–Crippen LogP) is -0.284. The zero-order valence-corrected chi connectivity index (χ0v) is 18.8. The van der Waals surface area contributed by atoms with Gasteiger partial charge >= 0.3 is 0 Å². The molecular weight excluding hydrogens is 388 g/mol. The Labute approximate surface area is 186 Å². The Balaban J connectivity index is 1.23. The van der Waals surface area contributed by atoms with Gasteiger partial charge in [0.1, 0.15) is 12.3 Å². The summed E-state index contributed by atoms with van der Waals surface area (Å²) in [6, 6.07) is 19.0. The maximum Gasteiger partial charge on any atom is 0.280 e. The van der Waals surface area contributed by atoms with Crippen LogP contribution < -0.4 is 19.4 Å². The third-order valence-corrected chi connectivity index (χ3v) is 6.91. The van der Waals surface area contributed by atoms with E-state index in [1.54, 1.807) is 12.0 Å². The average molecular weight is 425 g/mol. The van der Waals surface area contributed by atoms with E-state index < -0.39 is 0 Å². The number of nitrogens with one attached hydrogen (secondary N) is 2. The largest absolute Gasteiger partial charge is 0.497 e. The number of piperazine rings is 2. The molecule has 1 atom stereocenters. The quantitative estimate of drug-likeness (QED) is 0.670. The standard InChI is InChI=1S/C25H34N4O2/c1-21(27-16-18-28(19-17-27)23-8-10-24(31-2)11-9-23)25(30)29-14-12-26(13-15-29)20-22-6-4-3-5-7-22/h3-11,21H,12-20H2,1-2H3/p+2/t21-/m1/s1. The van der Waals surface area contributed by atoms with Crippen LogP contribution in [0.5, 0.6) is 5.75 Å². The maximum atomic E-state index is 13.2. The zero-order valence-electron chi connectivity index (χ0n) is 18.8. The van der Waals surface area contributed by atoms with E-state index >= 15 is 0 Å². The molecule has 2 saturated heterocycles. The van der Waals surface area contributed by atoms with Crippen LogP contribution in [-0.4, -0.2) is 76.3 Å². The summed E-state index contributed by atoms with van der Waals surface area (Å²) in [5.74, 6) is 1.21. The highest BCUT2D eigenvalue weighted by molar-refractivity contribution is 5.80. The molecule has 0 bridgehead atoms. The second-order valence-corrected chi connectivity index (χ2v) is 8.80. The molecule has 1 amide bonds. The lowest BCUT2D eigenvalue weighted by Crippen LogP contribution is -3.19. The lowest BCUT2D eigenvalue weighted by molar-refractivity contribution is -0.920. The van der Waals surface area contributed by atoms with Crippen molar-refractivity contribution >= 4 is 11.6 Å². The van der Waals surface area contributed by atoms with Gasteiger partial charge in [-0.05, 0) is 31.2 Å². The molecule has 166 valence electrons. The van der Waals surface area contributed by atoms with Gasteiger partial charge in [-0.25, -0.2) is 0 Å². The average Bonchev–Trinajstić information content (AvgIpc) is 2.84. The lowest BCUT2D eigenvalue weighted by Gasteiger charge is -2.38. The van der Waals surface area contributed by atoms with Crippen molar-refractivity contribution in [1.82, 2.24) is 4.90 Å². The molecule has 0 spiro atoms. The first-order valence-corrected chi connectivity index (χ1v) is 11.5. The molecule has 0 aliphatic carbocycles. The Bertz CT molecular complexity index is 826. The third kappa shape index (κ3) is 5.38. The van der Waals surface area contributed by atoms with E-state index in [4.69, 9.17) is 4.74 Å². The van der Waals surface area contributed by atoms with Crippen molar-refractivity contribution in [1.29, 1.82) is 0 Å². The molecule has 2 aromatic rings. The summed E-state index contributed by atoms with van der Waals surface area (Å²) >= 11 is 0. The van der Waals surface area contributed by atoms with Gasteiger partial charge in [0, 0.05) is 11.3 Å². The fourth-order valence-electron chi connectivity index (χ4n) is 4.83. The van der Waals surface area contributed by atoms with Crippen molar-refractivity contribution in [2.45, 2.75) is 19.5 Å². The fraction of sp³-hybridized carbons (Fsp3) is 0.480. The molecule has 4 rings (SSSR count). The number of carbonyl (C=O) groups excluding carboxylic acids is 1. The highest BCUT2D eigenvalue weighted by Gasteiger charge is 2.34. The minimum absolute atomic E-state index is 0.0358.